The Hall–Kier alpha value is -0.910. The van der Waals surface area contributed by atoms with E-state index in [1.165, 1.54) is 0 Å². The monoisotopic (exact) mass is 191 g/mol. The summed E-state index contributed by atoms with van der Waals surface area (Å²) in [6, 6.07) is 8.30. The van der Waals surface area contributed by atoms with Gasteiger partial charge in [-0.15, -0.1) is 5.34 Å². The van der Waals surface area contributed by atoms with Crippen LogP contribution in [-0.2, 0) is 0 Å². The van der Waals surface area contributed by atoms with Crippen LogP contribution in [0.5, 0.6) is 0 Å². The molecule has 0 saturated heterocycles. The van der Waals surface area contributed by atoms with Crippen molar-refractivity contribution >= 4 is 5.97 Å². The SMILES string of the molecule is O=C(O)c1ccccc1.O=N[O-].[Na+]. The molecule has 1 aromatic carbocycles. The summed E-state index contributed by atoms with van der Waals surface area (Å²) in [5.74, 6) is -0.879. The van der Waals surface area contributed by atoms with Gasteiger partial charge in [-0.1, -0.05) is 18.2 Å². The summed E-state index contributed by atoms with van der Waals surface area (Å²) in [6.07, 6.45) is 0. The smallest absolute Gasteiger partial charge is 0.478 e. The summed E-state index contributed by atoms with van der Waals surface area (Å²) in [5.41, 5.74) is 0.331. The van der Waals surface area contributed by atoms with E-state index in [9.17, 15) is 4.79 Å². The molecular weight excluding hydrogens is 185 g/mol. The van der Waals surface area contributed by atoms with Crippen molar-refractivity contribution in [3.8, 4) is 0 Å². The number of carboxylic acids is 1. The third-order valence-electron chi connectivity index (χ3n) is 1.02. The molecule has 0 spiro atoms. The molecule has 0 fully saturated rings. The van der Waals surface area contributed by atoms with Crippen LogP contribution in [0.15, 0.2) is 35.7 Å². The summed E-state index contributed by atoms with van der Waals surface area (Å²) in [5, 5.41) is 17.4. The molecule has 6 heteroatoms. The normalized spacial score (nSPS) is 7.08. The van der Waals surface area contributed by atoms with Crippen LogP contribution in [0, 0.1) is 10.1 Å². The van der Waals surface area contributed by atoms with Crippen molar-refractivity contribution in [3.63, 3.8) is 0 Å². The van der Waals surface area contributed by atoms with Gasteiger partial charge in [0.1, 0.15) is 0 Å². The van der Waals surface area contributed by atoms with E-state index in [1.54, 1.807) is 30.3 Å². The van der Waals surface area contributed by atoms with Gasteiger partial charge in [0, 0.05) is 0 Å². The molecule has 0 aliphatic rings. The molecular formula is C7H6NNaO4. The van der Waals surface area contributed by atoms with E-state index in [-0.39, 0.29) is 29.6 Å². The maximum Gasteiger partial charge on any atom is 1.00 e. The first kappa shape index (κ1) is 14.6. The van der Waals surface area contributed by atoms with E-state index in [0.29, 0.717) is 5.56 Å². The van der Waals surface area contributed by atoms with Gasteiger partial charge in [-0.25, -0.2) is 4.79 Å². The summed E-state index contributed by atoms with van der Waals surface area (Å²) in [7, 11) is 0. The van der Waals surface area contributed by atoms with Crippen LogP contribution < -0.4 is 29.6 Å². The summed E-state index contributed by atoms with van der Waals surface area (Å²) >= 11 is 0. The fourth-order valence-electron chi connectivity index (χ4n) is 0.581. The Kier molecular flexibility index (Phi) is 10.3. The summed E-state index contributed by atoms with van der Waals surface area (Å²) in [4.78, 5) is 18.2. The number of rotatable bonds is 1. The number of hydrogen-bond acceptors (Lipinski definition) is 4. The quantitative estimate of drug-likeness (QED) is 0.337. The number of hydrogen-bond donors (Lipinski definition) is 1. The average molecular weight is 191 g/mol. The fourth-order valence-corrected chi connectivity index (χ4v) is 0.581. The largest absolute Gasteiger partial charge is 1.00 e. The second-order valence-electron chi connectivity index (χ2n) is 1.75. The molecule has 0 amide bonds. The Bertz CT molecular complexity index is 252. The van der Waals surface area contributed by atoms with Crippen LogP contribution in [0.25, 0.3) is 0 Å². The molecule has 1 N–H and O–H groups in total. The maximum atomic E-state index is 10.2. The predicted octanol–water partition coefficient (Wildman–Crippen LogP) is -1.36. The third-order valence-corrected chi connectivity index (χ3v) is 1.02. The van der Waals surface area contributed by atoms with E-state index >= 15 is 0 Å². The van der Waals surface area contributed by atoms with Gasteiger partial charge in [0.2, 0.25) is 0 Å². The van der Waals surface area contributed by atoms with E-state index in [2.05, 4.69) is 0 Å². The van der Waals surface area contributed by atoms with Crippen LogP contribution >= 0.6 is 0 Å². The second kappa shape index (κ2) is 9.18. The topological polar surface area (TPSA) is 89.8 Å². The Balaban J connectivity index is 0. The first-order valence-corrected chi connectivity index (χ1v) is 2.95. The van der Waals surface area contributed by atoms with E-state index < -0.39 is 5.97 Å². The molecule has 0 aliphatic heterocycles. The zero-order chi connectivity index (χ0) is 9.40. The van der Waals surface area contributed by atoms with Crippen LogP contribution in [0.1, 0.15) is 10.4 Å². The van der Waals surface area contributed by atoms with Gasteiger partial charge in [0.25, 0.3) is 0 Å². The molecule has 0 unspecified atom stereocenters. The molecule has 1 rings (SSSR count). The molecule has 0 aliphatic carbocycles. The molecule has 0 atom stereocenters. The average Bonchev–Trinajstić information content (AvgIpc) is 2.07. The second-order valence-corrected chi connectivity index (χ2v) is 1.75. The van der Waals surface area contributed by atoms with Gasteiger partial charge in [-0.05, 0) is 12.1 Å². The Morgan fingerprint density at radius 1 is 1.31 bits per heavy atom. The van der Waals surface area contributed by atoms with Crippen molar-refractivity contribution in [2.45, 2.75) is 0 Å². The number of aromatic carboxylic acids is 1. The number of carboxylic acid groups (broad SMARTS) is 1. The minimum atomic E-state index is -0.879. The minimum Gasteiger partial charge on any atom is -0.478 e. The third kappa shape index (κ3) is 7.45. The van der Waals surface area contributed by atoms with E-state index in [1.807, 2.05) is 0 Å². The summed E-state index contributed by atoms with van der Waals surface area (Å²) < 4.78 is 0. The van der Waals surface area contributed by atoms with E-state index in [4.69, 9.17) is 15.2 Å². The first-order chi connectivity index (χ1) is 5.72. The molecule has 0 aromatic heterocycles. The number of benzene rings is 1. The van der Waals surface area contributed by atoms with Crippen molar-refractivity contribution in [2.75, 3.05) is 0 Å². The van der Waals surface area contributed by atoms with Gasteiger partial charge >= 0.3 is 35.5 Å². The maximum absolute atomic E-state index is 10.2. The van der Waals surface area contributed by atoms with Crippen LogP contribution in [0.2, 0.25) is 0 Å². The van der Waals surface area contributed by atoms with Gasteiger partial charge < -0.3 is 15.2 Å². The molecule has 13 heavy (non-hydrogen) atoms. The van der Waals surface area contributed by atoms with Crippen LogP contribution in [0.3, 0.4) is 0 Å². The van der Waals surface area contributed by atoms with Crippen molar-refractivity contribution in [2.24, 2.45) is 5.34 Å². The number of nitrogens with zero attached hydrogens (tertiary/aromatic N) is 1. The molecule has 0 heterocycles. The zero-order valence-corrected chi connectivity index (χ0v) is 9.01. The minimum absolute atomic E-state index is 0. The Labute approximate surface area is 96.6 Å². The molecule has 64 valence electrons. The van der Waals surface area contributed by atoms with Gasteiger partial charge in [-0.3, -0.25) is 0 Å². The molecule has 0 saturated carbocycles. The summed E-state index contributed by atoms with van der Waals surface area (Å²) in [6.45, 7) is 0. The zero-order valence-electron chi connectivity index (χ0n) is 7.01. The predicted molar refractivity (Wildman–Crippen MR) is 42.6 cm³/mol. The van der Waals surface area contributed by atoms with E-state index in [0.717, 1.165) is 5.34 Å². The van der Waals surface area contributed by atoms with Crippen molar-refractivity contribution in [1.29, 1.82) is 0 Å². The Morgan fingerprint density at radius 2 is 1.69 bits per heavy atom. The van der Waals surface area contributed by atoms with Crippen molar-refractivity contribution in [1.82, 2.24) is 0 Å². The Morgan fingerprint density at radius 3 is 1.92 bits per heavy atom. The molecule has 1 aromatic rings. The van der Waals surface area contributed by atoms with Gasteiger partial charge in [-0.2, -0.15) is 0 Å². The van der Waals surface area contributed by atoms with Gasteiger partial charge in [0.15, 0.2) is 0 Å². The first-order valence-electron chi connectivity index (χ1n) is 2.95. The van der Waals surface area contributed by atoms with Gasteiger partial charge in [0.05, 0.1) is 5.56 Å². The molecule has 0 radical (unpaired) electrons. The van der Waals surface area contributed by atoms with Crippen molar-refractivity contribution in [3.05, 3.63) is 46.0 Å². The van der Waals surface area contributed by atoms with Crippen LogP contribution in [-0.4, -0.2) is 11.1 Å². The van der Waals surface area contributed by atoms with Crippen molar-refractivity contribution < 1.29 is 39.5 Å². The van der Waals surface area contributed by atoms with Crippen LogP contribution in [0.4, 0.5) is 0 Å². The fraction of sp³-hybridized carbons (Fsp3) is 0. The molecule has 0 bridgehead atoms. The standard InChI is InChI=1S/C7H6O2.HNO2.Na/c8-7(9)6-4-2-1-3-5-6;2-1-3;/h1-5H,(H,8,9);(H,2,3);/q;;+1/p-1. The molecule has 5 nitrogen and oxygen atoms in total. The number of carbonyl (C=O) groups is 1.